The van der Waals surface area contributed by atoms with Crippen LogP contribution in [0.5, 0.6) is 0 Å². The van der Waals surface area contributed by atoms with E-state index in [-0.39, 0.29) is 16.8 Å². The SMILES string of the molecule is CCCc1ccc(NC(=O)C(C(N)=S)C(C)C)cc1. The number of hydrogen-bond donors (Lipinski definition) is 2. The highest BCUT2D eigenvalue weighted by Gasteiger charge is 2.24. The molecule has 3 N–H and O–H groups in total. The summed E-state index contributed by atoms with van der Waals surface area (Å²) < 4.78 is 0. The molecular weight excluding hydrogens is 256 g/mol. The van der Waals surface area contributed by atoms with E-state index in [2.05, 4.69) is 12.2 Å². The second kappa shape index (κ2) is 7.24. The van der Waals surface area contributed by atoms with Crippen molar-refractivity contribution in [1.82, 2.24) is 0 Å². The molecule has 0 aliphatic rings. The lowest BCUT2D eigenvalue weighted by atomic mass is 9.95. The first-order valence-corrected chi connectivity index (χ1v) is 7.05. The van der Waals surface area contributed by atoms with E-state index in [0.717, 1.165) is 18.5 Å². The highest BCUT2D eigenvalue weighted by molar-refractivity contribution is 7.80. The maximum Gasteiger partial charge on any atom is 0.234 e. The van der Waals surface area contributed by atoms with Crippen molar-refractivity contribution in [2.75, 3.05) is 5.32 Å². The molecule has 1 unspecified atom stereocenters. The summed E-state index contributed by atoms with van der Waals surface area (Å²) in [5, 5.41) is 2.87. The monoisotopic (exact) mass is 278 g/mol. The predicted molar refractivity (Wildman–Crippen MR) is 84.2 cm³/mol. The number of hydrogen-bond acceptors (Lipinski definition) is 2. The first-order valence-electron chi connectivity index (χ1n) is 6.64. The van der Waals surface area contributed by atoms with Crippen LogP contribution in [0.4, 0.5) is 5.69 Å². The van der Waals surface area contributed by atoms with E-state index >= 15 is 0 Å². The fourth-order valence-corrected chi connectivity index (χ4v) is 2.40. The number of rotatable bonds is 6. The van der Waals surface area contributed by atoms with Gasteiger partial charge in [-0.1, -0.05) is 51.5 Å². The van der Waals surface area contributed by atoms with E-state index in [9.17, 15) is 4.79 Å². The second-order valence-corrected chi connectivity index (χ2v) is 5.53. The van der Waals surface area contributed by atoms with Gasteiger partial charge in [-0.3, -0.25) is 4.79 Å². The number of amides is 1. The third-order valence-electron chi connectivity index (χ3n) is 3.02. The molecule has 1 aromatic rings. The average Bonchev–Trinajstić information content (AvgIpc) is 2.31. The Bertz CT molecular complexity index is 440. The molecule has 0 aromatic heterocycles. The minimum Gasteiger partial charge on any atom is -0.393 e. The van der Waals surface area contributed by atoms with E-state index in [1.54, 1.807) is 0 Å². The molecule has 0 bridgehead atoms. The fourth-order valence-electron chi connectivity index (χ4n) is 2.02. The van der Waals surface area contributed by atoms with Crippen LogP contribution in [-0.4, -0.2) is 10.9 Å². The maximum absolute atomic E-state index is 12.1. The number of aryl methyl sites for hydroxylation is 1. The van der Waals surface area contributed by atoms with Crippen LogP contribution >= 0.6 is 12.2 Å². The van der Waals surface area contributed by atoms with Crippen LogP contribution < -0.4 is 11.1 Å². The van der Waals surface area contributed by atoms with Crippen LogP contribution in [0.3, 0.4) is 0 Å². The molecule has 4 heteroatoms. The van der Waals surface area contributed by atoms with E-state index in [4.69, 9.17) is 18.0 Å². The Balaban J connectivity index is 2.73. The third-order valence-corrected chi connectivity index (χ3v) is 3.27. The number of carbonyl (C=O) groups excluding carboxylic acids is 1. The maximum atomic E-state index is 12.1. The van der Waals surface area contributed by atoms with Crippen LogP contribution in [0, 0.1) is 11.8 Å². The molecule has 0 radical (unpaired) electrons. The molecular formula is C15H22N2OS. The lowest BCUT2D eigenvalue weighted by molar-refractivity contribution is -0.118. The van der Waals surface area contributed by atoms with Crippen LogP contribution in [0.2, 0.25) is 0 Å². The van der Waals surface area contributed by atoms with Crippen LogP contribution in [0.15, 0.2) is 24.3 Å². The largest absolute Gasteiger partial charge is 0.393 e. The van der Waals surface area contributed by atoms with Gasteiger partial charge in [-0.2, -0.15) is 0 Å². The van der Waals surface area contributed by atoms with Gasteiger partial charge in [0.2, 0.25) is 5.91 Å². The van der Waals surface area contributed by atoms with Gasteiger partial charge >= 0.3 is 0 Å². The zero-order valence-corrected chi connectivity index (χ0v) is 12.6. The first kappa shape index (κ1) is 15.6. The smallest absolute Gasteiger partial charge is 0.234 e. The lowest BCUT2D eigenvalue weighted by Crippen LogP contribution is -2.36. The second-order valence-electron chi connectivity index (χ2n) is 5.06. The van der Waals surface area contributed by atoms with E-state index in [1.165, 1.54) is 5.56 Å². The zero-order chi connectivity index (χ0) is 14.4. The Morgan fingerprint density at radius 2 is 1.89 bits per heavy atom. The van der Waals surface area contributed by atoms with Crippen molar-refractivity contribution in [1.29, 1.82) is 0 Å². The van der Waals surface area contributed by atoms with Crippen molar-refractivity contribution < 1.29 is 4.79 Å². The number of anilines is 1. The van der Waals surface area contributed by atoms with Crippen LogP contribution in [-0.2, 0) is 11.2 Å². The van der Waals surface area contributed by atoms with E-state index < -0.39 is 5.92 Å². The molecule has 0 saturated heterocycles. The Hall–Kier alpha value is -1.42. The van der Waals surface area contributed by atoms with Gasteiger partial charge in [0.15, 0.2) is 0 Å². The summed E-state index contributed by atoms with van der Waals surface area (Å²) in [5.41, 5.74) is 7.68. The Morgan fingerprint density at radius 1 is 1.32 bits per heavy atom. The molecule has 1 rings (SSSR count). The van der Waals surface area contributed by atoms with Crippen LogP contribution in [0.1, 0.15) is 32.8 Å². The summed E-state index contributed by atoms with van der Waals surface area (Å²) in [5.74, 6) is -0.465. The molecule has 0 heterocycles. The number of thiocarbonyl (C=S) groups is 1. The van der Waals surface area contributed by atoms with E-state index in [1.807, 2.05) is 38.1 Å². The summed E-state index contributed by atoms with van der Waals surface area (Å²) in [7, 11) is 0. The summed E-state index contributed by atoms with van der Waals surface area (Å²) in [6.45, 7) is 6.02. The Morgan fingerprint density at radius 3 is 2.32 bits per heavy atom. The number of nitrogens with one attached hydrogen (secondary N) is 1. The average molecular weight is 278 g/mol. The molecule has 1 atom stereocenters. The van der Waals surface area contributed by atoms with Crippen molar-refractivity contribution >= 4 is 28.8 Å². The lowest BCUT2D eigenvalue weighted by Gasteiger charge is -2.18. The molecule has 0 aliphatic carbocycles. The molecule has 19 heavy (non-hydrogen) atoms. The summed E-state index contributed by atoms with van der Waals surface area (Å²) in [4.78, 5) is 12.4. The Labute approximate surface area is 120 Å². The quantitative estimate of drug-likeness (QED) is 0.786. The van der Waals surface area contributed by atoms with Gasteiger partial charge in [0, 0.05) is 5.69 Å². The molecule has 104 valence electrons. The summed E-state index contributed by atoms with van der Waals surface area (Å²) >= 11 is 4.96. The third kappa shape index (κ3) is 4.63. The van der Waals surface area contributed by atoms with Crippen LogP contribution in [0.25, 0.3) is 0 Å². The highest BCUT2D eigenvalue weighted by Crippen LogP contribution is 2.16. The topological polar surface area (TPSA) is 55.1 Å². The van der Waals surface area contributed by atoms with E-state index in [0.29, 0.717) is 0 Å². The van der Waals surface area contributed by atoms with Crippen molar-refractivity contribution in [2.45, 2.75) is 33.6 Å². The van der Waals surface area contributed by atoms with Gasteiger partial charge in [-0.05, 0) is 30.0 Å². The molecule has 1 amide bonds. The minimum absolute atomic E-state index is 0.0943. The van der Waals surface area contributed by atoms with Gasteiger partial charge in [0.25, 0.3) is 0 Å². The van der Waals surface area contributed by atoms with Gasteiger partial charge in [-0.15, -0.1) is 0 Å². The van der Waals surface area contributed by atoms with Gasteiger partial charge in [0.1, 0.15) is 0 Å². The molecule has 1 aromatic carbocycles. The zero-order valence-electron chi connectivity index (χ0n) is 11.8. The number of carbonyl (C=O) groups is 1. The fraction of sp³-hybridized carbons (Fsp3) is 0.467. The normalized spacial score (nSPS) is 12.2. The molecule has 0 fully saturated rings. The number of benzene rings is 1. The Kier molecular flexibility index (Phi) is 5.96. The molecule has 0 aliphatic heterocycles. The molecule has 0 spiro atoms. The summed E-state index contributed by atoms with van der Waals surface area (Å²) in [6, 6.07) is 7.90. The predicted octanol–water partition coefficient (Wildman–Crippen LogP) is 3.14. The van der Waals surface area contributed by atoms with Crippen molar-refractivity contribution in [3.63, 3.8) is 0 Å². The highest BCUT2D eigenvalue weighted by atomic mass is 32.1. The number of nitrogens with two attached hydrogens (primary N) is 1. The van der Waals surface area contributed by atoms with Crippen molar-refractivity contribution in [2.24, 2.45) is 17.6 Å². The van der Waals surface area contributed by atoms with Gasteiger partial charge in [0.05, 0.1) is 10.9 Å². The van der Waals surface area contributed by atoms with Crippen molar-refractivity contribution in [3.05, 3.63) is 29.8 Å². The first-order chi connectivity index (χ1) is 8.95. The molecule has 0 saturated carbocycles. The minimum atomic E-state index is -0.426. The summed E-state index contributed by atoms with van der Waals surface area (Å²) in [6.07, 6.45) is 2.16. The van der Waals surface area contributed by atoms with Gasteiger partial charge in [-0.25, -0.2) is 0 Å². The van der Waals surface area contributed by atoms with Gasteiger partial charge < -0.3 is 11.1 Å². The van der Waals surface area contributed by atoms with Crippen molar-refractivity contribution in [3.8, 4) is 0 Å². The standard InChI is InChI=1S/C15H22N2OS/c1-4-5-11-6-8-12(9-7-11)17-15(18)13(10(2)3)14(16)19/h6-10,13H,4-5H2,1-3H3,(H2,16,19)(H,17,18). The molecule has 3 nitrogen and oxygen atoms in total.